The van der Waals surface area contributed by atoms with Gasteiger partial charge >= 0.3 is 0 Å². The zero-order valence-corrected chi connectivity index (χ0v) is 11.5. The number of anilines is 1. The van der Waals surface area contributed by atoms with Crippen molar-refractivity contribution in [1.29, 1.82) is 0 Å². The van der Waals surface area contributed by atoms with Crippen LogP contribution in [0.25, 0.3) is 0 Å². The van der Waals surface area contributed by atoms with Crippen molar-refractivity contribution in [3.05, 3.63) is 11.8 Å². The first-order chi connectivity index (χ1) is 7.86. The minimum atomic E-state index is -0.0306. The number of likely N-dealkylation sites (N-methyl/N-ethyl adjacent to an activating group) is 1. The molecule has 0 bridgehead atoms. The Morgan fingerprint density at radius 2 is 2.06 bits per heavy atom. The first-order valence-electron chi connectivity index (χ1n) is 5.68. The molecule has 1 N–H and O–H groups in total. The number of hydrogen-bond donors (Lipinski definition) is 1. The molecule has 0 aliphatic rings. The average Bonchev–Trinajstić information content (AvgIpc) is 2.28. The van der Waals surface area contributed by atoms with Gasteiger partial charge in [-0.1, -0.05) is 0 Å². The molecule has 1 aromatic rings. The Morgan fingerprint density at radius 1 is 1.41 bits per heavy atom. The average molecular weight is 238 g/mol. The maximum Gasteiger partial charge on any atom is 0.225 e. The van der Waals surface area contributed by atoms with Gasteiger partial charge in [-0.25, -0.2) is 4.98 Å². The van der Waals surface area contributed by atoms with Gasteiger partial charge in [0.15, 0.2) is 0 Å². The zero-order chi connectivity index (χ0) is 13.1. The van der Waals surface area contributed by atoms with E-state index in [9.17, 15) is 0 Å². The summed E-state index contributed by atoms with van der Waals surface area (Å²) in [5.41, 5.74) is 0.913. The van der Waals surface area contributed by atoms with Crippen molar-refractivity contribution >= 4 is 5.95 Å². The Hall–Kier alpha value is -1.36. The smallest absolute Gasteiger partial charge is 0.225 e. The van der Waals surface area contributed by atoms with Gasteiger partial charge in [0, 0.05) is 24.3 Å². The van der Waals surface area contributed by atoms with Gasteiger partial charge in [-0.15, -0.1) is 0 Å². The Balaban J connectivity index is 2.75. The highest BCUT2D eigenvalue weighted by Crippen LogP contribution is 2.18. The second kappa shape index (κ2) is 5.31. The highest BCUT2D eigenvalue weighted by Gasteiger charge is 2.22. The van der Waals surface area contributed by atoms with Crippen molar-refractivity contribution in [2.45, 2.75) is 26.3 Å². The minimum Gasteiger partial charge on any atom is -0.475 e. The summed E-state index contributed by atoms with van der Waals surface area (Å²) in [6, 6.07) is 0. The van der Waals surface area contributed by atoms with Gasteiger partial charge in [-0.05, 0) is 34.9 Å². The van der Waals surface area contributed by atoms with Crippen LogP contribution in [0, 0.1) is 6.92 Å². The molecular weight excluding hydrogens is 216 g/mol. The van der Waals surface area contributed by atoms with E-state index in [4.69, 9.17) is 4.74 Å². The van der Waals surface area contributed by atoms with Gasteiger partial charge in [-0.2, -0.15) is 4.98 Å². The van der Waals surface area contributed by atoms with Crippen molar-refractivity contribution in [2.24, 2.45) is 0 Å². The fraction of sp³-hybridized carbons (Fsp3) is 0.667. The molecule has 0 aromatic carbocycles. The third kappa shape index (κ3) is 3.56. The minimum absolute atomic E-state index is 0.0306. The predicted octanol–water partition coefficient (Wildman–Crippen LogP) is 1.55. The van der Waals surface area contributed by atoms with Crippen LogP contribution in [0.3, 0.4) is 0 Å². The van der Waals surface area contributed by atoms with Crippen molar-refractivity contribution in [2.75, 3.05) is 33.1 Å². The van der Waals surface area contributed by atoms with Crippen LogP contribution in [0.5, 0.6) is 5.88 Å². The molecule has 0 saturated carbocycles. The van der Waals surface area contributed by atoms with Gasteiger partial charge in [0.2, 0.25) is 11.8 Å². The highest BCUT2D eigenvalue weighted by atomic mass is 16.5. The largest absolute Gasteiger partial charge is 0.475 e. The molecule has 0 amide bonds. The number of ether oxygens (including phenoxy) is 1. The number of aromatic nitrogens is 2. The summed E-state index contributed by atoms with van der Waals surface area (Å²) in [7, 11) is 5.86. The van der Waals surface area contributed by atoms with Gasteiger partial charge in [0.25, 0.3) is 0 Å². The molecule has 0 spiro atoms. The van der Waals surface area contributed by atoms with E-state index in [0.717, 1.165) is 5.56 Å². The molecule has 0 unspecified atom stereocenters. The summed E-state index contributed by atoms with van der Waals surface area (Å²) in [6.07, 6.45) is 1.76. The number of nitrogens with one attached hydrogen (secondary N) is 1. The maximum atomic E-state index is 5.77. The van der Waals surface area contributed by atoms with Crippen LogP contribution in [0.4, 0.5) is 5.95 Å². The first-order valence-corrected chi connectivity index (χ1v) is 5.68. The van der Waals surface area contributed by atoms with E-state index in [1.807, 2.05) is 21.0 Å². The number of rotatable bonds is 5. The molecule has 1 aromatic heterocycles. The lowest BCUT2D eigenvalue weighted by molar-refractivity contribution is 0.110. The molecule has 0 saturated heterocycles. The predicted molar refractivity (Wildman–Crippen MR) is 69.6 cm³/mol. The summed E-state index contributed by atoms with van der Waals surface area (Å²) in [4.78, 5) is 10.5. The standard InChI is InChI=1S/C12H22N4O/c1-9-7-14-11(13-4)15-10(9)17-8-12(2,3)16(5)6/h7H,8H2,1-6H3,(H,13,14,15). The SMILES string of the molecule is CNc1ncc(C)c(OCC(C)(C)N(C)C)n1. The molecule has 5 heteroatoms. The molecular formula is C12H22N4O. The molecule has 0 atom stereocenters. The summed E-state index contributed by atoms with van der Waals surface area (Å²) in [5, 5.41) is 2.90. The maximum absolute atomic E-state index is 5.77. The van der Waals surface area contributed by atoms with Gasteiger partial charge in [0.05, 0.1) is 0 Å². The molecule has 17 heavy (non-hydrogen) atoms. The van der Waals surface area contributed by atoms with Gasteiger partial charge in [-0.3, -0.25) is 0 Å². The number of aryl methyl sites for hydroxylation is 1. The van der Waals surface area contributed by atoms with Crippen molar-refractivity contribution in [1.82, 2.24) is 14.9 Å². The highest BCUT2D eigenvalue weighted by molar-refractivity contribution is 5.31. The van der Waals surface area contributed by atoms with E-state index in [0.29, 0.717) is 18.4 Å². The van der Waals surface area contributed by atoms with Crippen LogP contribution in [-0.4, -0.2) is 48.2 Å². The van der Waals surface area contributed by atoms with E-state index in [1.165, 1.54) is 0 Å². The summed E-state index contributed by atoms with van der Waals surface area (Å²) in [6.45, 7) is 6.78. The van der Waals surface area contributed by atoms with Crippen LogP contribution in [0.2, 0.25) is 0 Å². The second-order valence-electron chi connectivity index (χ2n) is 4.93. The Kier molecular flexibility index (Phi) is 4.28. The lowest BCUT2D eigenvalue weighted by Gasteiger charge is -2.32. The Bertz CT molecular complexity index is 377. The van der Waals surface area contributed by atoms with Crippen LogP contribution < -0.4 is 10.1 Å². The molecule has 96 valence electrons. The normalized spacial score (nSPS) is 11.7. The molecule has 1 heterocycles. The number of nitrogens with zero attached hydrogens (tertiary/aromatic N) is 3. The molecule has 0 aliphatic heterocycles. The Labute approximate surface area is 103 Å². The molecule has 0 fully saturated rings. The van der Waals surface area contributed by atoms with Gasteiger partial charge in [0.1, 0.15) is 6.61 Å². The first kappa shape index (κ1) is 13.7. The molecule has 0 radical (unpaired) electrons. The van der Waals surface area contributed by atoms with Crippen LogP contribution in [0.1, 0.15) is 19.4 Å². The third-order valence-electron chi connectivity index (χ3n) is 2.92. The summed E-state index contributed by atoms with van der Waals surface area (Å²) >= 11 is 0. The van der Waals surface area contributed by atoms with E-state index in [2.05, 4.69) is 34.0 Å². The zero-order valence-electron chi connectivity index (χ0n) is 11.5. The molecule has 1 rings (SSSR count). The topological polar surface area (TPSA) is 50.3 Å². The fourth-order valence-corrected chi connectivity index (χ4v) is 1.07. The molecule has 0 aliphatic carbocycles. The monoisotopic (exact) mass is 238 g/mol. The quantitative estimate of drug-likeness (QED) is 0.843. The Morgan fingerprint density at radius 3 is 2.59 bits per heavy atom. The second-order valence-corrected chi connectivity index (χ2v) is 4.93. The summed E-state index contributed by atoms with van der Waals surface area (Å²) in [5.74, 6) is 1.22. The molecule has 5 nitrogen and oxygen atoms in total. The summed E-state index contributed by atoms with van der Waals surface area (Å²) < 4.78 is 5.77. The van der Waals surface area contributed by atoms with E-state index < -0.39 is 0 Å². The van der Waals surface area contributed by atoms with E-state index >= 15 is 0 Å². The fourth-order valence-electron chi connectivity index (χ4n) is 1.07. The lowest BCUT2D eigenvalue weighted by Crippen LogP contribution is -2.43. The van der Waals surface area contributed by atoms with Crippen molar-refractivity contribution in [3.8, 4) is 5.88 Å². The van der Waals surface area contributed by atoms with Crippen molar-refractivity contribution < 1.29 is 4.74 Å². The number of hydrogen-bond acceptors (Lipinski definition) is 5. The van der Waals surface area contributed by atoms with E-state index in [-0.39, 0.29) is 5.54 Å². The van der Waals surface area contributed by atoms with E-state index in [1.54, 1.807) is 13.2 Å². The van der Waals surface area contributed by atoms with Crippen LogP contribution >= 0.6 is 0 Å². The van der Waals surface area contributed by atoms with Crippen LogP contribution in [-0.2, 0) is 0 Å². The van der Waals surface area contributed by atoms with Crippen molar-refractivity contribution in [3.63, 3.8) is 0 Å². The van der Waals surface area contributed by atoms with Crippen LogP contribution in [0.15, 0.2) is 6.20 Å². The third-order valence-corrected chi connectivity index (χ3v) is 2.92. The van der Waals surface area contributed by atoms with Gasteiger partial charge < -0.3 is 15.0 Å². The lowest BCUT2D eigenvalue weighted by atomic mass is 10.1.